The summed E-state index contributed by atoms with van der Waals surface area (Å²) in [4.78, 5) is 2.39. The minimum absolute atomic E-state index is 0.785. The molecule has 1 aliphatic carbocycles. The summed E-state index contributed by atoms with van der Waals surface area (Å²) in [6, 6.07) is 0. The molecule has 0 aromatic rings. The molecule has 12 heavy (non-hydrogen) atoms. The third kappa shape index (κ3) is 1.17. The second-order valence-corrected chi connectivity index (χ2v) is 3.97. The molecule has 1 aliphatic heterocycles. The van der Waals surface area contributed by atoms with Crippen LogP contribution >= 0.6 is 0 Å². The molecule has 2 rings (SSSR count). The lowest BCUT2D eigenvalue weighted by Gasteiger charge is -2.33. The lowest BCUT2D eigenvalue weighted by Crippen LogP contribution is -2.27. The van der Waals surface area contributed by atoms with Gasteiger partial charge >= 0.3 is 0 Å². The molecule has 0 radical (unpaired) electrons. The van der Waals surface area contributed by atoms with Gasteiger partial charge in [0.2, 0.25) is 0 Å². The highest BCUT2D eigenvalue weighted by atomic mass is 15.1. The van der Waals surface area contributed by atoms with Crippen molar-refractivity contribution in [1.29, 1.82) is 0 Å². The third-order valence-corrected chi connectivity index (χ3v) is 3.04. The summed E-state index contributed by atoms with van der Waals surface area (Å²) >= 11 is 0. The molecule has 0 saturated carbocycles. The van der Waals surface area contributed by atoms with Crippen molar-refractivity contribution in [3.8, 4) is 0 Å². The van der Waals surface area contributed by atoms with E-state index in [2.05, 4.69) is 31.0 Å². The molecule has 0 spiro atoms. The van der Waals surface area contributed by atoms with Crippen molar-refractivity contribution < 1.29 is 0 Å². The van der Waals surface area contributed by atoms with Gasteiger partial charge in [0.15, 0.2) is 0 Å². The average molecular weight is 163 g/mol. The molecule has 0 bridgehead atoms. The van der Waals surface area contributed by atoms with Gasteiger partial charge in [0.05, 0.1) is 0 Å². The molecule has 0 aromatic heterocycles. The van der Waals surface area contributed by atoms with Gasteiger partial charge in [0.25, 0.3) is 0 Å². The fourth-order valence-corrected chi connectivity index (χ4v) is 2.26. The minimum atomic E-state index is 0.785. The Bertz CT molecular complexity index is 237. The van der Waals surface area contributed by atoms with Gasteiger partial charge in [-0.3, -0.25) is 0 Å². The van der Waals surface area contributed by atoms with Crippen molar-refractivity contribution in [1.82, 2.24) is 4.90 Å². The second-order valence-electron chi connectivity index (χ2n) is 3.97. The molecule has 1 heterocycles. The lowest BCUT2D eigenvalue weighted by molar-refractivity contribution is 0.370. The smallest absolute Gasteiger partial charge is 0.0355 e. The van der Waals surface area contributed by atoms with Crippen LogP contribution in [0, 0.1) is 5.92 Å². The standard InChI is InChI=1S/C11H17N/c1-9-5-3-7-11-10(9)6-4-8-12(11)2/h3,7,9H,4-6,8H2,1-2H3. The van der Waals surface area contributed by atoms with Crippen LogP contribution in [-0.4, -0.2) is 18.5 Å². The van der Waals surface area contributed by atoms with Gasteiger partial charge in [0.1, 0.15) is 0 Å². The fourth-order valence-electron chi connectivity index (χ4n) is 2.26. The Balaban J connectivity index is 2.33. The van der Waals surface area contributed by atoms with Crippen LogP contribution in [0.3, 0.4) is 0 Å². The molecule has 66 valence electrons. The number of rotatable bonds is 0. The first-order valence-corrected chi connectivity index (χ1v) is 4.90. The predicted octanol–water partition coefficient (Wildman–Crippen LogP) is 2.56. The van der Waals surface area contributed by atoms with Crippen LogP contribution in [0.25, 0.3) is 0 Å². The van der Waals surface area contributed by atoms with E-state index in [0.717, 1.165) is 5.92 Å². The number of allylic oxidation sites excluding steroid dienone is 3. The van der Waals surface area contributed by atoms with E-state index in [-0.39, 0.29) is 0 Å². The Hall–Kier alpha value is -0.720. The SMILES string of the molecule is CC1CC=CC2=C1CCCN2C. The van der Waals surface area contributed by atoms with Crippen molar-refractivity contribution in [2.75, 3.05) is 13.6 Å². The van der Waals surface area contributed by atoms with Gasteiger partial charge in [0, 0.05) is 19.3 Å². The Morgan fingerprint density at radius 2 is 2.33 bits per heavy atom. The van der Waals surface area contributed by atoms with Gasteiger partial charge in [-0.25, -0.2) is 0 Å². The first-order chi connectivity index (χ1) is 5.79. The molecule has 0 N–H and O–H groups in total. The lowest BCUT2D eigenvalue weighted by atomic mass is 9.86. The summed E-state index contributed by atoms with van der Waals surface area (Å²) in [6.07, 6.45) is 8.52. The Kier molecular flexibility index (Phi) is 1.95. The number of nitrogens with zero attached hydrogens (tertiary/aromatic N) is 1. The first-order valence-electron chi connectivity index (χ1n) is 4.90. The molecule has 1 atom stereocenters. The van der Waals surface area contributed by atoms with Gasteiger partial charge in [-0.05, 0) is 36.8 Å². The molecule has 0 aromatic carbocycles. The average Bonchev–Trinajstić information content (AvgIpc) is 2.07. The highest BCUT2D eigenvalue weighted by molar-refractivity contribution is 5.31. The largest absolute Gasteiger partial charge is 0.375 e. The summed E-state index contributed by atoms with van der Waals surface area (Å²) < 4.78 is 0. The van der Waals surface area contributed by atoms with E-state index < -0.39 is 0 Å². The van der Waals surface area contributed by atoms with Gasteiger partial charge < -0.3 is 4.90 Å². The molecule has 0 amide bonds. The van der Waals surface area contributed by atoms with Crippen LogP contribution in [0.4, 0.5) is 0 Å². The van der Waals surface area contributed by atoms with Crippen molar-refractivity contribution in [2.24, 2.45) is 5.92 Å². The van der Waals surface area contributed by atoms with E-state index >= 15 is 0 Å². The molecule has 0 saturated heterocycles. The highest BCUT2D eigenvalue weighted by Crippen LogP contribution is 2.32. The summed E-state index contributed by atoms with van der Waals surface area (Å²) in [5, 5.41) is 0. The number of hydrogen-bond donors (Lipinski definition) is 0. The normalized spacial score (nSPS) is 29.2. The molecule has 1 nitrogen and oxygen atoms in total. The van der Waals surface area contributed by atoms with Crippen LogP contribution in [0.5, 0.6) is 0 Å². The van der Waals surface area contributed by atoms with E-state index in [1.165, 1.54) is 31.5 Å². The van der Waals surface area contributed by atoms with E-state index in [9.17, 15) is 0 Å². The zero-order valence-electron chi connectivity index (χ0n) is 8.01. The zero-order valence-corrected chi connectivity index (χ0v) is 8.01. The summed E-state index contributed by atoms with van der Waals surface area (Å²) in [7, 11) is 2.21. The first kappa shape index (κ1) is 7.90. The van der Waals surface area contributed by atoms with Crippen molar-refractivity contribution in [2.45, 2.75) is 26.2 Å². The minimum Gasteiger partial charge on any atom is -0.375 e. The molecular formula is C11H17N. The van der Waals surface area contributed by atoms with Crippen LogP contribution in [0.1, 0.15) is 26.2 Å². The molecule has 0 fully saturated rings. The molecule has 1 heteroatoms. The molecule has 2 aliphatic rings. The maximum absolute atomic E-state index is 2.39. The van der Waals surface area contributed by atoms with Crippen molar-refractivity contribution >= 4 is 0 Å². The van der Waals surface area contributed by atoms with Gasteiger partial charge in [-0.1, -0.05) is 13.0 Å². The predicted molar refractivity (Wildman–Crippen MR) is 51.8 cm³/mol. The van der Waals surface area contributed by atoms with E-state index in [1.807, 2.05) is 0 Å². The summed E-state index contributed by atoms with van der Waals surface area (Å²) in [6.45, 7) is 3.58. The Labute approximate surface area is 74.8 Å². The van der Waals surface area contributed by atoms with Crippen molar-refractivity contribution in [3.63, 3.8) is 0 Å². The fraction of sp³-hybridized carbons (Fsp3) is 0.636. The second kappa shape index (κ2) is 2.96. The monoisotopic (exact) mass is 163 g/mol. The summed E-state index contributed by atoms with van der Waals surface area (Å²) in [5.74, 6) is 0.785. The van der Waals surface area contributed by atoms with Gasteiger partial charge in [-0.2, -0.15) is 0 Å². The topological polar surface area (TPSA) is 3.24 Å². The maximum atomic E-state index is 2.39. The van der Waals surface area contributed by atoms with Crippen LogP contribution in [0.2, 0.25) is 0 Å². The van der Waals surface area contributed by atoms with Crippen molar-refractivity contribution in [3.05, 3.63) is 23.4 Å². The highest BCUT2D eigenvalue weighted by Gasteiger charge is 2.21. The van der Waals surface area contributed by atoms with Crippen LogP contribution in [0.15, 0.2) is 23.4 Å². The zero-order chi connectivity index (χ0) is 8.55. The Morgan fingerprint density at radius 3 is 3.08 bits per heavy atom. The Morgan fingerprint density at radius 1 is 1.50 bits per heavy atom. The van der Waals surface area contributed by atoms with Crippen LogP contribution < -0.4 is 0 Å². The maximum Gasteiger partial charge on any atom is 0.0355 e. The molecular weight excluding hydrogens is 146 g/mol. The van der Waals surface area contributed by atoms with Crippen LogP contribution in [-0.2, 0) is 0 Å². The van der Waals surface area contributed by atoms with E-state index in [0.29, 0.717) is 0 Å². The number of likely N-dealkylation sites (N-methyl/N-ethyl adjacent to an activating group) is 1. The molecule has 1 unspecified atom stereocenters. The van der Waals surface area contributed by atoms with Gasteiger partial charge in [-0.15, -0.1) is 0 Å². The quantitative estimate of drug-likeness (QED) is 0.530. The summed E-state index contributed by atoms with van der Waals surface area (Å²) in [5.41, 5.74) is 3.19. The third-order valence-electron chi connectivity index (χ3n) is 3.04. The van der Waals surface area contributed by atoms with E-state index in [1.54, 1.807) is 5.57 Å². The number of hydrogen-bond acceptors (Lipinski definition) is 1. The van der Waals surface area contributed by atoms with E-state index in [4.69, 9.17) is 0 Å².